The van der Waals surface area contributed by atoms with Gasteiger partial charge in [0.1, 0.15) is 18.3 Å². The lowest BCUT2D eigenvalue weighted by molar-refractivity contribution is -0.209. The summed E-state index contributed by atoms with van der Waals surface area (Å²) < 4.78 is 16.6. The summed E-state index contributed by atoms with van der Waals surface area (Å²) in [6.45, 7) is 5.49. The molecule has 0 N–H and O–H groups in total. The van der Waals surface area contributed by atoms with Crippen molar-refractivity contribution in [3.63, 3.8) is 0 Å². The third kappa shape index (κ3) is 13.2. The van der Waals surface area contributed by atoms with E-state index in [1.165, 1.54) is 0 Å². The van der Waals surface area contributed by atoms with Gasteiger partial charge in [-0.3, -0.25) is 0 Å². The molecule has 3 aliphatic carbocycles. The maximum atomic E-state index is 12.5. The van der Waals surface area contributed by atoms with Crippen molar-refractivity contribution in [3.8, 4) is 0 Å². The standard InChI is InChI=1S/C46H52O15/c1-28-7-4-10-34(25-28)41(47)56-59-44(50)53-37-19-13-31(14-20-37)40(32-15-21-38(22-16-32)54-45(51)60-57-42(48)35-11-5-8-29(2)26-35)33-17-23-39(24-18-33)55-46(52)61-58-43(49)36-12-6-9-30(3)27-36/h4-12,25-27,31-33,37-40H,13-24H2,1-3H3. The smallest absolute Gasteiger partial charge is 0.428 e. The zero-order valence-electron chi connectivity index (χ0n) is 34.6. The predicted octanol–water partition coefficient (Wildman–Crippen LogP) is 9.98. The summed E-state index contributed by atoms with van der Waals surface area (Å²) in [4.78, 5) is 103. The first-order valence-electron chi connectivity index (χ1n) is 20.9. The van der Waals surface area contributed by atoms with Crippen molar-refractivity contribution in [3.05, 3.63) is 106 Å². The van der Waals surface area contributed by atoms with Crippen molar-refractivity contribution in [1.29, 1.82) is 0 Å². The fourth-order valence-electron chi connectivity index (χ4n) is 9.07. The molecule has 15 nitrogen and oxygen atoms in total. The van der Waals surface area contributed by atoms with Crippen LogP contribution in [-0.4, -0.2) is 54.7 Å². The van der Waals surface area contributed by atoms with Crippen molar-refractivity contribution in [2.45, 2.75) is 116 Å². The summed E-state index contributed by atoms with van der Waals surface area (Å²) in [7, 11) is 0. The van der Waals surface area contributed by atoms with Gasteiger partial charge in [-0.05, 0) is 158 Å². The number of benzene rings is 3. The Labute approximate surface area is 354 Å². The lowest BCUT2D eigenvalue weighted by atomic mass is 9.61. The highest BCUT2D eigenvalue weighted by molar-refractivity contribution is 5.90. The topological polar surface area (TPSA) is 185 Å². The Bertz CT molecular complexity index is 1780. The van der Waals surface area contributed by atoms with E-state index < -0.39 is 54.7 Å². The highest BCUT2D eigenvalue weighted by Gasteiger charge is 2.42. The molecule has 61 heavy (non-hydrogen) atoms. The third-order valence-corrected chi connectivity index (χ3v) is 11.9. The van der Waals surface area contributed by atoms with Crippen LogP contribution < -0.4 is 0 Å². The summed E-state index contributed by atoms with van der Waals surface area (Å²) in [6.07, 6.45) is 3.84. The molecular formula is C46H52O15. The molecule has 326 valence electrons. The Hall–Kier alpha value is -6.12. The third-order valence-electron chi connectivity index (χ3n) is 11.9. The number of hydrogen-bond donors (Lipinski definition) is 0. The number of rotatable bonds is 9. The van der Waals surface area contributed by atoms with Gasteiger partial charge in [-0.25, -0.2) is 43.7 Å². The van der Waals surface area contributed by atoms with Crippen LogP contribution in [-0.2, 0) is 43.5 Å². The van der Waals surface area contributed by atoms with Crippen LogP contribution in [0.5, 0.6) is 0 Å². The second kappa shape index (κ2) is 21.4. The van der Waals surface area contributed by atoms with Gasteiger partial charge in [-0.2, -0.15) is 14.4 Å². The molecule has 0 unspecified atom stereocenters. The molecule has 0 atom stereocenters. The van der Waals surface area contributed by atoms with Gasteiger partial charge in [0, 0.05) is 0 Å². The molecule has 3 aromatic carbocycles. The van der Waals surface area contributed by atoms with Crippen LogP contribution in [0.1, 0.15) is 125 Å². The first kappa shape index (κ1) is 44.4. The maximum Gasteiger partial charge on any atom is 0.550 e. The second-order valence-corrected chi connectivity index (χ2v) is 16.3. The quantitative estimate of drug-likeness (QED) is 0.0857. The second-order valence-electron chi connectivity index (χ2n) is 16.3. The van der Waals surface area contributed by atoms with Crippen molar-refractivity contribution in [1.82, 2.24) is 0 Å². The lowest BCUT2D eigenvalue weighted by Crippen LogP contribution is -2.39. The molecule has 0 heterocycles. The van der Waals surface area contributed by atoms with E-state index in [1.807, 2.05) is 39.0 Å². The Morgan fingerprint density at radius 3 is 0.902 bits per heavy atom. The van der Waals surface area contributed by atoms with Crippen LogP contribution in [0.15, 0.2) is 72.8 Å². The highest BCUT2D eigenvalue weighted by atomic mass is 17.2. The zero-order valence-corrected chi connectivity index (χ0v) is 34.6. The van der Waals surface area contributed by atoms with Gasteiger partial charge in [0.05, 0.1) is 16.7 Å². The molecule has 15 heteroatoms. The van der Waals surface area contributed by atoms with Crippen molar-refractivity contribution in [2.75, 3.05) is 0 Å². The Morgan fingerprint density at radius 1 is 0.393 bits per heavy atom. The van der Waals surface area contributed by atoms with Gasteiger partial charge in [0.2, 0.25) is 0 Å². The zero-order chi connectivity index (χ0) is 43.3. The van der Waals surface area contributed by atoms with E-state index in [4.69, 9.17) is 43.5 Å². The molecule has 0 amide bonds. The van der Waals surface area contributed by atoms with Crippen molar-refractivity contribution < 1.29 is 72.3 Å². The monoisotopic (exact) mass is 844 g/mol. The van der Waals surface area contributed by atoms with Gasteiger partial charge in [-0.1, -0.05) is 53.1 Å². The Kier molecular flexibility index (Phi) is 15.6. The number of carbonyl (C=O) groups is 6. The number of carbonyl (C=O) groups excluding carboxylic acids is 6. The molecule has 6 rings (SSSR count). The molecular weight excluding hydrogens is 792 g/mol. The van der Waals surface area contributed by atoms with E-state index in [1.54, 1.807) is 54.6 Å². The van der Waals surface area contributed by atoms with Gasteiger partial charge in [0.25, 0.3) is 0 Å². The molecule has 0 spiro atoms. The SMILES string of the molecule is Cc1cccc(C(=O)OOC(=O)OC2CCC(C(C3CCC(OC(=O)OOC(=O)c4cccc(C)c4)CC3)C3CCC(OC(=O)OOC(=O)c4cccc(C)c4)CC3)CC2)c1. The fourth-order valence-corrected chi connectivity index (χ4v) is 9.07. The predicted molar refractivity (Wildman–Crippen MR) is 213 cm³/mol. The first-order chi connectivity index (χ1) is 29.4. The minimum absolute atomic E-state index is 0.249. The van der Waals surface area contributed by atoms with Gasteiger partial charge < -0.3 is 14.2 Å². The van der Waals surface area contributed by atoms with E-state index in [2.05, 4.69) is 0 Å². The van der Waals surface area contributed by atoms with E-state index in [0.717, 1.165) is 55.2 Å². The van der Waals surface area contributed by atoms with Crippen LogP contribution in [0.25, 0.3) is 0 Å². The van der Waals surface area contributed by atoms with Crippen LogP contribution in [0.2, 0.25) is 0 Å². The number of hydrogen-bond acceptors (Lipinski definition) is 15. The number of ether oxygens (including phenoxy) is 3. The summed E-state index contributed by atoms with van der Waals surface area (Å²) in [5, 5.41) is 0. The van der Waals surface area contributed by atoms with Gasteiger partial charge in [-0.15, -0.1) is 0 Å². The Balaban J connectivity index is 0.996. The summed E-state index contributed by atoms with van der Waals surface area (Å²) in [6, 6.07) is 20.1. The summed E-state index contributed by atoms with van der Waals surface area (Å²) in [5.74, 6) is -1.21. The highest BCUT2D eigenvalue weighted by Crippen LogP contribution is 2.48. The minimum Gasteiger partial charge on any atom is -0.428 e. The van der Waals surface area contributed by atoms with Crippen LogP contribution in [0, 0.1) is 44.4 Å². The van der Waals surface area contributed by atoms with Gasteiger partial charge >= 0.3 is 36.4 Å². The van der Waals surface area contributed by atoms with Gasteiger partial charge in [0.15, 0.2) is 0 Å². The van der Waals surface area contributed by atoms with Crippen LogP contribution >= 0.6 is 0 Å². The molecule has 0 saturated heterocycles. The van der Waals surface area contributed by atoms with Crippen molar-refractivity contribution in [2.24, 2.45) is 23.7 Å². The van der Waals surface area contributed by atoms with E-state index >= 15 is 0 Å². The van der Waals surface area contributed by atoms with Crippen LogP contribution in [0.3, 0.4) is 0 Å². The molecule has 0 aliphatic heterocycles. The maximum absolute atomic E-state index is 12.5. The molecule has 3 fully saturated rings. The summed E-state index contributed by atoms with van der Waals surface area (Å²) in [5.41, 5.74) is 3.31. The molecule has 0 aromatic heterocycles. The first-order valence-corrected chi connectivity index (χ1v) is 20.9. The minimum atomic E-state index is -1.08. The normalized spacial score (nSPS) is 22.9. The number of aryl methyl sites for hydroxylation is 3. The largest absolute Gasteiger partial charge is 0.550 e. The van der Waals surface area contributed by atoms with Crippen LogP contribution in [0.4, 0.5) is 14.4 Å². The molecule has 3 aliphatic rings. The molecule has 3 saturated carbocycles. The van der Waals surface area contributed by atoms with E-state index in [0.29, 0.717) is 56.3 Å². The average Bonchev–Trinajstić information content (AvgIpc) is 3.25. The summed E-state index contributed by atoms with van der Waals surface area (Å²) >= 11 is 0. The van der Waals surface area contributed by atoms with E-state index in [-0.39, 0.29) is 22.6 Å². The average molecular weight is 845 g/mol. The Morgan fingerprint density at radius 2 is 0.656 bits per heavy atom. The van der Waals surface area contributed by atoms with E-state index in [9.17, 15) is 28.8 Å². The lowest BCUT2D eigenvalue weighted by Gasteiger charge is -2.45. The molecule has 0 bridgehead atoms. The fraction of sp³-hybridized carbons (Fsp3) is 0.478. The molecule has 0 radical (unpaired) electrons. The van der Waals surface area contributed by atoms with Crippen molar-refractivity contribution >= 4 is 36.4 Å². The molecule has 3 aromatic rings.